The zero-order valence-electron chi connectivity index (χ0n) is 17.0. The highest BCUT2D eigenvalue weighted by Gasteiger charge is 2.32. The Hall–Kier alpha value is -3.62. The van der Waals surface area contributed by atoms with Crippen molar-refractivity contribution in [2.24, 2.45) is 0 Å². The summed E-state index contributed by atoms with van der Waals surface area (Å²) in [6.45, 7) is 1.09. The molecule has 0 spiro atoms. The van der Waals surface area contributed by atoms with Gasteiger partial charge in [-0.1, -0.05) is 24.3 Å². The molecule has 1 aliphatic heterocycles. The highest BCUT2D eigenvalue weighted by Crippen LogP contribution is 2.30. The second-order valence-electron chi connectivity index (χ2n) is 7.44. The highest BCUT2D eigenvalue weighted by molar-refractivity contribution is 5.94. The number of hydrogen-bond donors (Lipinski definition) is 0. The lowest BCUT2D eigenvalue weighted by Gasteiger charge is -2.34. The normalized spacial score (nSPS) is 14.5. The molecule has 0 bridgehead atoms. The third-order valence-electron chi connectivity index (χ3n) is 5.26. The van der Waals surface area contributed by atoms with Crippen molar-refractivity contribution in [2.45, 2.75) is 12.6 Å². The lowest BCUT2D eigenvalue weighted by atomic mass is 10.1. The van der Waals surface area contributed by atoms with Crippen LogP contribution in [0.15, 0.2) is 65.3 Å². The SMILES string of the molecule is O=C(Cc1coc(-c2ccccc2)n1)N1CCN(C(=O)c2cccc(C(F)(F)F)c2)CC1. The van der Waals surface area contributed by atoms with Crippen LogP contribution >= 0.6 is 0 Å². The van der Waals surface area contributed by atoms with Gasteiger partial charge in [0.05, 0.1) is 17.7 Å². The fourth-order valence-electron chi connectivity index (χ4n) is 3.54. The molecule has 166 valence electrons. The molecule has 2 amide bonds. The number of hydrogen-bond acceptors (Lipinski definition) is 4. The molecule has 6 nitrogen and oxygen atoms in total. The molecule has 0 radical (unpaired) electrons. The number of oxazole rings is 1. The molecular weight excluding hydrogens is 423 g/mol. The van der Waals surface area contributed by atoms with Crippen molar-refractivity contribution < 1.29 is 27.2 Å². The van der Waals surface area contributed by atoms with Gasteiger partial charge in [-0.15, -0.1) is 0 Å². The Morgan fingerprint density at radius 2 is 1.62 bits per heavy atom. The first-order valence-electron chi connectivity index (χ1n) is 10.1. The van der Waals surface area contributed by atoms with Gasteiger partial charge in [0.25, 0.3) is 5.91 Å². The first-order chi connectivity index (χ1) is 15.3. The number of benzene rings is 2. The van der Waals surface area contributed by atoms with Gasteiger partial charge in [0, 0.05) is 37.3 Å². The van der Waals surface area contributed by atoms with E-state index in [9.17, 15) is 22.8 Å². The lowest BCUT2D eigenvalue weighted by molar-refractivity contribution is -0.137. The zero-order valence-corrected chi connectivity index (χ0v) is 17.0. The van der Waals surface area contributed by atoms with E-state index in [0.29, 0.717) is 24.7 Å². The van der Waals surface area contributed by atoms with Crippen LogP contribution in [0, 0.1) is 0 Å². The largest absolute Gasteiger partial charge is 0.444 e. The fraction of sp³-hybridized carbons (Fsp3) is 0.261. The molecule has 0 saturated carbocycles. The predicted octanol–water partition coefficient (Wildman–Crippen LogP) is 3.89. The molecule has 0 N–H and O–H groups in total. The summed E-state index contributed by atoms with van der Waals surface area (Å²) in [5.74, 6) is -0.193. The molecule has 3 aromatic rings. The zero-order chi connectivity index (χ0) is 22.7. The third-order valence-corrected chi connectivity index (χ3v) is 5.26. The van der Waals surface area contributed by atoms with Crippen molar-refractivity contribution >= 4 is 11.8 Å². The minimum absolute atomic E-state index is 0.0179. The van der Waals surface area contributed by atoms with Crippen molar-refractivity contribution in [1.29, 1.82) is 0 Å². The number of nitrogens with zero attached hydrogens (tertiary/aromatic N) is 3. The summed E-state index contributed by atoms with van der Waals surface area (Å²) in [7, 11) is 0. The van der Waals surface area contributed by atoms with Crippen LogP contribution in [0.3, 0.4) is 0 Å². The molecule has 1 saturated heterocycles. The summed E-state index contributed by atoms with van der Waals surface area (Å²) in [5.41, 5.74) is 0.444. The smallest absolute Gasteiger partial charge is 0.416 e. The number of carbonyl (C=O) groups excluding carboxylic acids is 2. The van der Waals surface area contributed by atoms with E-state index >= 15 is 0 Å². The molecule has 1 fully saturated rings. The van der Waals surface area contributed by atoms with E-state index in [1.165, 1.54) is 23.3 Å². The maximum Gasteiger partial charge on any atom is 0.416 e. The minimum Gasteiger partial charge on any atom is -0.444 e. The molecule has 0 unspecified atom stereocenters. The summed E-state index contributed by atoms with van der Waals surface area (Å²) in [5, 5.41) is 0. The minimum atomic E-state index is -4.51. The van der Waals surface area contributed by atoms with E-state index in [1.54, 1.807) is 4.90 Å². The first-order valence-corrected chi connectivity index (χ1v) is 10.1. The molecule has 9 heteroatoms. The molecule has 2 aromatic carbocycles. The van der Waals surface area contributed by atoms with E-state index in [0.717, 1.165) is 17.7 Å². The molecule has 0 atom stereocenters. The van der Waals surface area contributed by atoms with Crippen LogP contribution in [-0.4, -0.2) is 52.8 Å². The average molecular weight is 443 g/mol. The van der Waals surface area contributed by atoms with E-state index in [-0.39, 0.29) is 31.0 Å². The summed E-state index contributed by atoms with van der Waals surface area (Å²) in [6, 6.07) is 13.7. The van der Waals surface area contributed by atoms with Gasteiger partial charge in [-0.05, 0) is 30.3 Å². The van der Waals surface area contributed by atoms with Crippen LogP contribution in [0.5, 0.6) is 0 Å². The number of aromatic nitrogens is 1. The maximum atomic E-state index is 12.9. The summed E-state index contributed by atoms with van der Waals surface area (Å²) in [6.07, 6.45) is -2.99. The lowest BCUT2D eigenvalue weighted by Crippen LogP contribution is -2.51. The Labute approximate surface area is 182 Å². The monoisotopic (exact) mass is 443 g/mol. The van der Waals surface area contributed by atoms with Gasteiger partial charge in [0.2, 0.25) is 11.8 Å². The standard InChI is InChI=1S/C23H20F3N3O3/c24-23(25,26)18-8-4-7-17(13-18)22(31)29-11-9-28(10-12-29)20(30)14-19-15-32-21(27-19)16-5-2-1-3-6-16/h1-8,13,15H,9-12,14H2. The number of halogens is 3. The van der Waals surface area contributed by atoms with E-state index in [2.05, 4.69) is 4.98 Å². The van der Waals surface area contributed by atoms with E-state index in [4.69, 9.17) is 4.42 Å². The maximum absolute atomic E-state index is 12.9. The van der Waals surface area contributed by atoms with Gasteiger partial charge in [0.1, 0.15) is 6.26 Å². The van der Waals surface area contributed by atoms with Gasteiger partial charge >= 0.3 is 6.18 Å². The number of rotatable bonds is 4. The van der Waals surface area contributed by atoms with Crippen LogP contribution in [0.4, 0.5) is 13.2 Å². The second-order valence-corrected chi connectivity index (χ2v) is 7.44. The Kier molecular flexibility index (Phi) is 5.98. The van der Waals surface area contributed by atoms with Gasteiger partial charge < -0.3 is 14.2 Å². The Bertz CT molecular complexity index is 1100. The van der Waals surface area contributed by atoms with Crippen LogP contribution in [0.1, 0.15) is 21.6 Å². The molecule has 0 aliphatic carbocycles. The molecule has 1 aliphatic rings. The highest BCUT2D eigenvalue weighted by atomic mass is 19.4. The van der Waals surface area contributed by atoms with Gasteiger partial charge in [0.15, 0.2) is 0 Å². The number of carbonyl (C=O) groups is 2. The summed E-state index contributed by atoms with van der Waals surface area (Å²) >= 11 is 0. The van der Waals surface area contributed by atoms with Crippen LogP contribution < -0.4 is 0 Å². The quantitative estimate of drug-likeness (QED) is 0.614. The Morgan fingerprint density at radius 1 is 0.938 bits per heavy atom. The molecular formula is C23H20F3N3O3. The first kappa shape index (κ1) is 21.6. The third kappa shape index (κ3) is 4.82. The second kappa shape index (κ2) is 8.86. The molecule has 2 heterocycles. The molecule has 1 aromatic heterocycles. The van der Waals surface area contributed by atoms with Gasteiger partial charge in [-0.3, -0.25) is 9.59 Å². The van der Waals surface area contributed by atoms with Crippen LogP contribution in [0.2, 0.25) is 0 Å². The summed E-state index contributed by atoms with van der Waals surface area (Å²) in [4.78, 5) is 32.7. The van der Waals surface area contributed by atoms with Crippen molar-refractivity contribution in [3.8, 4) is 11.5 Å². The van der Waals surface area contributed by atoms with Crippen LogP contribution in [-0.2, 0) is 17.4 Å². The van der Waals surface area contributed by atoms with E-state index < -0.39 is 17.6 Å². The van der Waals surface area contributed by atoms with Gasteiger partial charge in [-0.25, -0.2) is 4.98 Å². The predicted molar refractivity (Wildman–Crippen MR) is 110 cm³/mol. The molecule has 4 rings (SSSR count). The molecule has 32 heavy (non-hydrogen) atoms. The summed E-state index contributed by atoms with van der Waals surface area (Å²) < 4.78 is 44.2. The van der Waals surface area contributed by atoms with E-state index in [1.807, 2.05) is 30.3 Å². The van der Waals surface area contributed by atoms with Crippen molar-refractivity contribution in [1.82, 2.24) is 14.8 Å². The fourth-order valence-corrected chi connectivity index (χ4v) is 3.54. The average Bonchev–Trinajstić information content (AvgIpc) is 3.27. The Morgan fingerprint density at radius 3 is 2.31 bits per heavy atom. The van der Waals surface area contributed by atoms with Gasteiger partial charge in [-0.2, -0.15) is 13.2 Å². The number of piperazine rings is 1. The van der Waals surface area contributed by atoms with Crippen molar-refractivity contribution in [3.05, 3.63) is 77.7 Å². The van der Waals surface area contributed by atoms with Crippen molar-refractivity contribution in [3.63, 3.8) is 0 Å². The number of alkyl halides is 3. The number of amides is 2. The topological polar surface area (TPSA) is 66.7 Å². The van der Waals surface area contributed by atoms with Crippen LogP contribution in [0.25, 0.3) is 11.5 Å². The Balaban J connectivity index is 1.33. The van der Waals surface area contributed by atoms with Crippen molar-refractivity contribution in [2.75, 3.05) is 26.2 Å².